The van der Waals surface area contributed by atoms with E-state index in [9.17, 15) is 14.7 Å². The molecule has 3 aliphatic heterocycles. The Morgan fingerprint density at radius 3 is 2.65 bits per heavy atom. The topological polar surface area (TPSA) is 87.5 Å². The molecule has 4 rings (SSSR count). The van der Waals surface area contributed by atoms with Gasteiger partial charge >= 0.3 is 5.97 Å². The van der Waals surface area contributed by atoms with Crippen LogP contribution in [0.1, 0.15) is 48.3 Å². The fourth-order valence-electron chi connectivity index (χ4n) is 4.34. The van der Waals surface area contributed by atoms with Gasteiger partial charge in [0.05, 0.1) is 18.2 Å². The number of rotatable bonds is 2. The van der Waals surface area contributed by atoms with Gasteiger partial charge in [-0.15, -0.1) is 0 Å². The number of aromatic nitrogens is 2. The van der Waals surface area contributed by atoms with E-state index in [4.69, 9.17) is 0 Å². The molecule has 2 bridgehead atoms. The van der Waals surface area contributed by atoms with Crippen molar-refractivity contribution in [2.24, 2.45) is 5.92 Å². The molecule has 7 heteroatoms. The highest BCUT2D eigenvalue weighted by Gasteiger charge is 2.43. The molecule has 2 atom stereocenters. The minimum absolute atomic E-state index is 0.0227. The van der Waals surface area contributed by atoms with Crippen LogP contribution < -0.4 is 5.32 Å². The maximum atomic E-state index is 13.0. The third kappa shape index (κ3) is 2.52. The second-order valence-corrected chi connectivity index (χ2v) is 6.88. The van der Waals surface area contributed by atoms with Crippen LogP contribution in [0.25, 0.3) is 0 Å². The van der Waals surface area contributed by atoms with Gasteiger partial charge < -0.3 is 15.3 Å². The number of carboxylic acids is 1. The molecule has 2 fully saturated rings. The van der Waals surface area contributed by atoms with Crippen molar-refractivity contribution in [3.8, 4) is 0 Å². The second kappa shape index (κ2) is 5.63. The zero-order valence-electron chi connectivity index (χ0n) is 13.1. The molecule has 3 aliphatic rings. The summed E-state index contributed by atoms with van der Waals surface area (Å²) in [5, 5.41) is 17.1. The number of carbonyl (C=O) groups is 2. The van der Waals surface area contributed by atoms with E-state index in [1.807, 2.05) is 15.6 Å². The molecule has 1 amide bonds. The Labute approximate surface area is 134 Å². The molecule has 0 spiro atoms. The number of carboxylic acid groups (broad SMARTS) is 1. The van der Waals surface area contributed by atoms with Gasteiger partial charge in [0, 0.05) is 25.2 Å². The number of nitrogens with one attached hydrogen (secondary N) is 1. The average Bonchev–Trinajstić information content (AvgIpc) is 2.96. The number of aliphatic carboxylic acids is 1. The van der Waals surface area contributed by atoms with Gasteiger partial charge in [-0.2, -0.15) is 5.10 Å². The summed E-state index contributed by atoms with van der Waals surface area (Å²) >= 11 is 0. The van der Waals surface area contributed by atoms with Crippen LogP contribution in [0.15, 0.2) is 6.07 Å². The number of fused-ring (bicyclic) bond motifs is 3. The fourth-order valence-corrected chi connectivity index (χ4v) is 4.34. The van der Waals surface area contributed by atoms with Gasteiger partial charge in [-0.1, -0.05) is 0 Å². The molecule has 2 N–H and O–H groups in total. The molecular formula is C16H22N4O3. The first-order valence-electron chi connectivity index (χ1n) is 8.46. The molecule has 7 nitrogen and oxygen atoms in total. The van der Waals surface area contributed by atoms with Crippen LogP contribution in [0.2, 0.25) is 0 Å². The van der Waals surface area contributed by atoms with Crippen LogP contribution in [-0.2, 0) is 17.9 Å². The zero-order valence-corrected chi connectivity index (χ0v) is 13.1. The van der Waals surface area contributed by atoms with Crippen molar-refractivity contribution in [2.75, 3.05) is 6.54 Å². The summed E-state index contributed by atoms with van der Waals surface area (Å²) in [7, 11) is 0. The second-order valence-electron chi connectivity index (χ2n) is 6.88. The molecule has 0 aromatic carbocycles. The Balaban J connectivity index is 1.58. The molecule has 1 aromatic heterocycles. The lowest BCUT2D eigenvalue weighted by Crippen LogP contribution is -2.55. The van der Waals surface area contributed by atoms with Crippen LogP contribution in [0, 0.1) is 5.92 Å². The van der Waals surface area contributed by atoms with E-state index in [0.29, 0.717) is 18.5 Å². The normalized spacial score (nSPS) is 29.9. The molecule has 2 saturated heterocycles. The van der Waals surface area contributed by atoms with E-state index in [0.717, 1.165) is 44.6 Å². The van der Waals surface area contributed by atoms with Crippen LogP contribution in [-0.4, -0.2) is 50.3 Å². The Kier molecular flexibility index (Phi) is 3.60. The monoisotopic (exact) mass is 318 g/mol. The lowest BCUT2D eigenvalue weighted by Gasteiger charge is -2.47. The molecule has 0 aliphatic carbocycles. The van der Waals surface area contributed by atoms with Gasteiger partial charge in [0.2, 0.25) is 0 Å². The highest BCUT2D eigenvalue weighted by Crippen LogP contribution is 2.38. The van der Waals surface area contributed by atoms with E-state index >= 15 is 0 Å². The van der Waals surface area contributed by atoms with Gasteiger partial charge in [0.25, 0.3) is 5.91 Å². The molecular weight excluding hydrogens is 296 g/mol. The van der Waals surface area contributed by atoms with E-state index in [1.165, 1.54) is 0 Å². The number of nitrogens with zero attached hydrogens (tertiary/aromatic N) is 3. The number of hydrogen-bond donors (Lipinski definition) is 2. The number of carbonyl (C=O) groups excluding carboxylic acids is 1. The summed E-state index contributed by atoms with van der Waals surface area (Å²) in [6, 6.07) is 1.98. The molecule has 0 radical (unpaired) electrons. The van der Waals surface area contributed by atoms with Gasteiger partial charge in [-0.3, -0.25) is 14.3 Å². The van der Waals surface area contributed by atoms with E-state index in [2.05, 4.69) is 10.4 Å². The first kappa shape index (κ1) is 14.7. The predicted octanol–water partition coefficient (Wildman–Crippen LogP) is 0.844. The molecule has 2 unspecified atom stereocenters. The van der Waals surface area contributed by atoms with Gasteiger partial charge in [0.15, 0.2) is 5.69 Å². The summed E-state index contributed by atoms with van der Waals surface area (Å²) < 4.78 is 1.91. The number of amides is 1. The zero-order chi connectivity index (χ0) is 16.0. The van der Waals surface area contributed by atoms with Crippen molar-refractivity contribution in [1.82, 2.24) is 20.0 Å². The van der Waals surface area contributed by atoms with E-state index in [-0.39, 0.29) is 23.9 Å². The smallest absolute Gasteiger partial charge is 0.306 e. The Morgan fingerprint density at radius 2 is 2.00 bits per heavy atom. The average molecular weight is 318 g/mol. The van der Waals surface area contributed by atoms with Gasteiger partial charge in [-0.05, 0) is 38.2 Å². The van der Waals surface area contributed by atoms with Crippen molar-refractivity contribution in [2.45, 2.75) is 57.3 Å². The third-order valence-corrected chi connectivity index (χ3v) is 5.45. The molecule has 1 aromatic rings. The first-order chi connectivity index (χ1) is 11.1. The minimum atomic E-state index is -0.725. The van der Waals surface area contributed by atoms with Gasteiger partial charge in [0.1, 0.15) is 0 Å². The molecule has 124 valence electrons. The van der Waals surface area contributed by atoms with E-state index < -0.39 is 5.97 Å². The minimum Gasteiger partial charge on any atom is -0.481 e. The van der Waals surface area contributed by atoms with Gasteiger partial charge in [-0.25, -0.2) is 0 Å². The Hall–Kier alpha value is -1.89. The maximum Gasteiger partial charge on any atom is 0.306 e. The van der Waals surface area contributed by atoms with Crippen LogP contribution in [0.5, 0.6) is 0 Å². The lowest BCUT2D eigenvalue weighted by molar-refractivity contribution is -0.145. The van der Waals surface area contributed by atoms with Crippen LogP contribution in [0.4, 0.5) is 0 Å². The molecule has 4 heterocycles. The quantitative estimate of drug-likeness (QED) is 0.844. The standard InChI is InChI=1S/C16H22N4O3/c21-15(14-8-13-9-17-4-5-19(13)18-14)20-11-2-1-3-12(20)7-10(6-11)16(22)23/h8,10-12,17H,1-7,9H2,(H,22,23). The maximum absolute atomic E-state index is 13.0. The molecule has 0 saturated carbocycles. The summed E-state index contributed by atoms with van der Waals surface area (Å²) in [4.78, 5) is 26.3. The number of piperidine rings is 2. The summed E-state index contributed by atoms with van der Waals surface area (Å²) in [5.74, 6) is -1.06. The third-order valence-electron chi connectivity index (χ3n) is 5.45. The largest absolute Gasteiger partial charge is 0.481 e. The first-order valence-corrected chi connectivity index (χ1v) is 8.46. The highest BCUT2D eigenvalue weighted by atomic mass is 16.4. The van der Waals surface area contributed by atoms with Crippen molar-refractivity contribution < 1.29 is 14.7 Å². The van der Waals surface area contributed by atoms with Crippen molar-refractivity contribution >= 4 is 11.9 Å². The summed E-state index contributed by atoms with van der Waals surface area (Å²) in [5.41, 5.74) is 1.56. The highest BCUT2D eigenvalue weighted by molar-refractivity contribution is 5.93. The van der Waals surface area contributed by atoms with Crippen LogP contribution in [0.3, 0.4) is 0 Å². The van der Waals surface area contributed by atoms with Crippen molar-refractivity contribution in [3.05, 3.63) is 17.5 Å². The predicted molar refractivity (Wildman–Crippen MR) is 81.9 cm³/mol. The lowest BCUT2D eigenvalue weighted by atomic mass is 9.78. The molecule has 23 heavy (non-hydrogen) atoms. The number of hydrogen-bond acceptors (Lipinski definition) is 4. The van der Waals surface area contributed by atoms with Crippen LogP contribution >= 0.6 is 0 Å². The van der Waals surface area contributed by atoms with E-state index in [1.54, 1.807) is 0 Å². The van der Waals surface area contributed by atoms with Crippen molar-refractivity contribution in [3.63, 3.8) is 0 Å². The van der Waals surface area contributed by atoms with Crippen molar-refractivity contribution in [1.29, 1.82) is 0 Å². The Morgan fingerprint density at radius 1 is 1.26 bits per heavy atom. The summed E-state index contributed by atoms with van der Waals surface area (Å²) in [6.45, 7) is 2.41. The summed E-state index contributed by atoms with van der Waals surface area (Å²) in [6.07, 6.45) is 4.04. The fraction of sp³-hybridized carbons (Fsp3) is 0.688. The SMILES string of the molecule is O=C(O)C1CC2CCCC(C1)N2C(=O)c1cc2n(n1)CCNC2. The Bertz CT molecular complexity index is 604.